The lowest BCUT2D eigenvalue weighted by molar-refractivity contribution is 0.347. The summed E-state index contributed by atoms with van der Waals surface area (Å²) in [5.41, 5.74) is 1.62. The molecule has 0 saturated carbocycles. The molecule has 1 atom stereocenters. The Balaban J connectivity index is 2.20. The Morgan fingerprint density at radius 2 is 2.45 bits per heavy atom. The molecule has 1 aliphatic carbocycles. The Labute approximate surface area is 71.3 Å². The first-order chi connectivity index (χ1) is 5.38. The van der Waals surface area contributed by atoms with Crippen LogP contribution >= 0.6 is 0 Å². The van der Waals surface area contributed by atoms with Gasteiger partial charge in [-0.05, 0) is 25.3 Å². The molecule has 60 valence electrons. The van der Waals surface area contributed by atoms with E-state index in [9.17, 15) is 0 Å². The molecule has 0 amide bonds. The quantitative estimate of drug-likeness (QED) is 0.480. The summed E-state index contributed by atoms with van der Waals surface area (Å²) in [5, 5.41) is 0. The van der Waals surface area contributed by atoms with Crippen LogP contribution in [0.1, 0.15) is 19.3 Å². The van der Waals surface area contributed by atoms with Crippen molar-refractivity contribution in [1.82, 2.24) is 4.57 Å². The van der Waals surface area contributed by atoms with Crippen LogP contribution in [0.4, 0.5) is 0 Å². The maximum atomic E-state index is 2.54. The monoisotopic (exact) mass is 165 g/mol. The van der Waals surface area contributed by atoms with Gasteiger partial charge in [-0.3, -0.25) is 0 Å². The highest BCUT2D eigenvalue weighted by Crippen LogP contribution is 2.30. The van der Waals surface area contributed by atoms with Crippen LogP contribution in [0, 0.1) is 5.92 Å². The molecule has 0 radical (unpaired) electrons. The number of nitrogens with zero attached hydrogens (tertiary/aromatic N) is 1. The summed E-state index contributed by atoms with van der Waals surface area (Å²) in [6, 6.07) is 0. The van der Waals surface area contributed by atoms with Crippen LogP contribution in [0.5, 0.6) is 0 Å². The molecule has 0 aromatic heterocycles. The second-order valence-electron chi connectivity index (χ2n) is 3.52. The predicted molar refractivity (Wildman–Crippen MR) is 51.2 cm³/mol. The zero-order valence-electron chi connectivity index (χ0n) is 7.09. The molecule has 0 bridgehead atoms. The molecule has 1 saturated heterocycles. The first kappa shape index (κ1) is 7.16. The fraction of sp³-hybridized carbons (Fsp3) is 0.556. The predicted octanol–water partition coefficient (Wildman–Crippen LogP) is 0.823. The molecular formula is C9H15NSi. The fourth-order valence-corrected chi connectivity index (χ4v) is 2.91. The van der Waals surface area contributed by atoms with Gasteiger partial charge in [0.05, 0.1) is 0 Å². The van der Waals surface area contributed by atoms with Crippen LogP contribution < -0.4 is 0 Å². The highest BCUT2D eigenvalue weighted by Gasteiger charge is 2.21. The summed E-state index contributed by atoms with van der Waals surface area (Å²) in [6.45, 7) is 1.31. The van der Waals surface area contributed by atoms with Gasteiger partial charge < -0.3 is 4.57 Å². The lowest BCUT2D eigenvalue weighted by Crippen LogP contribution is -2.31. The lowest BCUT2D eigenvalue weighted by atomic mass is 9.89. The normalized spacial score (nSPS) is 30.0. The van der Waals surface area contributed by atoms with Crippen molar-refractivity contribution in [3.05, 3.63) is 23.9 Å². The molecule has 1 heterocycles. The topological polar surface area (TPSA) is 3.24 Å². The van der Waals surface area contributed by atoms with Crippen LogP contribution in [-0.4, -0.2) is 21.5 Å². The van der Waals surface area contributed by atoms with Crippen LogP contribution in [0.3, 0.4) is 0 Å². The van der Waals surface area contributed by atoms with Crippen molar-refractivity contribution in [1.29, 1.82) is 0 Å². The van der Waals surface area contributed by atoms with E-state index in [1.807, 2.05) is 0 Å². The molecule has 0 N–H and O–H groups in total. The van der Waals surface area contributed by atoms with Gasteiger partial charge in [0.25, 0.3) is 0 Å². The van der Waals surface area contributed by atoms with Crippen LogP contribution in [0.25, 0.3) is 0 Å². The fourth-order valence-electron chi connectivity index (χ4n) is 2.07. The molecule has 1 aliphatic heterocycles. The van der Waals surface area contributed by atoms with Gasteiger partial charge in [0.1, 0.15) is 10.4 Å². The van der Waals surface area contributed by atoms with E-state index >= 15 is 0 Å². The molecule has 1 unspecified atom stereocenters. The molecule has 1 fully saturated rings. The highest BCUT2D eigenvalue weighted by atomic mass is 28.2. The Kier molecular flexibility index (Phi) is 1.86. The van der Waals surface area contributed by atoms with E-state index in [-0.39, 0.29) is 0 Å². The second-order valence-corrected chi connectivity index (χ2v) is 4.60. The van der Waals surface area contributed by atoms with E-state index < -0.39 is 0 Å². The third-order valence-corrected chi connectivity index (χ3v) is 3.69. The third-order valence-electron chi connectivity index (χ3n) is 2.73. The van der Waals surface area contributed by atoms with E-state index in [2.05, 4.69) is 22.8 Å². The van der Waals surface area contributed by atoms with Crippen molar-refractivity contribution in [3.63, 3.8) is 0 Å². The third kappa shape index (κ3) is 1.27. The molecule has 1 nitrogen and oxygen atoms in total. The van der Waals surface area contributed by atoms with E-state index in [1.54, 1.807) is 5.70 Å². The second kappa shape index (κ2) is 2.86. The largest absolute Gasteiger partial charge is 0.409 e. The van der Waals surface area contributed by atoms with Crippen molar-refractivity contribution in [2.75, 3.05) is 6.54 Å². The van der Waals surface area contributed by atoms with E-state index in [0.717, 1.165) is 5.92 Å². The van der Waals surface area contributed by atoms with Crippen molar-refractivity contribution < 1.29 is 0 Å². The maximum Gasteiger partial charge on any atom is 0.107 e. The minimum absolute atomic E-state index is 0.867. The lowest BCUT2D eigenvalue weighted by Gasteiger charge is -2.35. The summed E-state index contributed by atoms with van der Waals surface area (Å²) in [4.78, 5) is 0. The first-order valence-electron chi connectivity index (χ1n) is 4.46. The zero-order chi connectivity index (χ0) is 7.68. The van der Waals surface area contributed by atoms with Crippen molar-refractivity contribution in [2.45, 2.75) is 19.3 Å². The Hall–Kier alpha value is -0.503. The van der Waals surface area contributed by atoms with Crippen LogP contribution in [-0.2, 0) is 0 Å². The average Bonchev–Trinajstić information content (AvgIpc) is 2.06. The number of allylic oxidation sites excluding steroid dienone is 4. The smallest absolute Gasteiger partial charge is 0.107 e. The molecule has 0 aromatic carbocycles. The first-order valence-corrected chi connectivity index (χ1v) is 5.35. The number of hydrogen-bond donors (Lipinski definition) is 0. The van der Waals surface area contributed by atoms with Crippen molar-refractivity contribution >= 4 is 10.4 Å². The van der Waals surface area contributed by atoms with Crippen LogP contribution in [0.15, 0.2) is 23.9 Å². The van der Waals surface area contributed by atoms with E-state index in [4.69, 9.17) is 0 Å². The van der Waals surface area contributed by atoms with E-state index in [1.165, 1.54) is 36.2 Å². The maximum absolute atomic E-state index is 2.54. The summed E-state index contributed by atoms with van der Waals surface area (Å²) < 4.78 is 2.54. The van der Waals surface area contributed by atoms with E-state index in [0.29, 0.717) is 0 Å². The van der Waals surface area contributed by atoms with Gasteiger partial charge >= 0.3 is 0 Å². The molecule has 2 heteroatoms. The van der Waals surface area contributed by atoms with Gasteiger partial charge in [-0.1, -0.05) is 12.2 Å². The molecule has 11 heavy (non-hydrogen) atoms. The van der Waals surface area contributed by atoms with Crippen molar-refractivity contribution in [3.8, 4) is 0 Å². The zero-order valence-corrected chi connectivity index (χ0v) is 9.09. The summed E-state index contributed by atoms with van der Waals surface area (Å²) >= 11 is 0. The molecule has 2 rings (SSSR count). The Morgan fingerprint density at radius 1 is 1.55 bits per heavy atom. The molecule has 0 spiro atoms. The number of rotatable bonds is 0. The standard InChI is InChI=1S/C9H15NSi/c11-10-7-3-5-8-4-1-2-6-9(8)10/h1-2,6,8H,3-5,7H2,11H3. The molecule has 2 aliphatic rings. The Morgan fingerprint density at radius 3 is 3.27 bits per heavy atom. The Bertz CT molecular complexity index is 208. The summed E-state index contributed by atoms with van der Waals surface area (Å²) in [5.74, 6) is 0.867. The number of hydrogen-bond acceptors (Lipinski definition) is 1. The van der Waals surface area contributed by atoms with Gasteiger partial charge in [-0.15, -0.1) is 0 Å². The van der Waals surface area contributed by atoms with Crippen molar-refractivity contribution in [2.24, 2.45) is 5.92 Å². The summed E-state index contributed by atoms with van der Waals surface area (Å²) in [6.07, 6.45) is 10.9. The van der Waals surface area contributed by atoms with Crippen LogP contribution in [0.2, 0.25) is 0 Å². The number of fused-ring (bicyclic) bond motifs is 1. The van der Waals surface area contributed by atoms with Gasteiger partial charge in [-0.25, -0.2) is 0 Å². The molecule has 0 aromatic rings. The van der Waals surface area contributed by atoms with Gasteiger partial charge in [0.2, 0.25) is 0 Å². The highest BCUT2D eigenvalue weighted by molar-refractivity contribution is 6.05. The SMILES string of the molecule is [SiH3]N1CCCC2CC=CC=C21. The summed E-state index contributed by atoms with van der Waals surface area (Å²) in [7, 11) is 1.20. The van der Waals surface area contributed by atoms with Gasteiger partial charge in [0.15, 0.2) is 0 Å². The number of piperidine rings is 1. The van der Waals surface area contributed by atoms with Gasteiger partial charge in [-0.2, -0.15) is 0 Å². The average molecular weight is 165 g/mol. The minimum atomic E-state index is 0.867. The molecular weight excluding hydrogens is 150 g/mol. The minimum Gasteiger partial charge on any atom is -0.409 e. The van der Waals surface area contributed by atoms with Gasteiger partial charge in [0, 0.05) is 18.2 Å².